The van der Waals surface area contributed by atoms with Gasteiger partial charge in [-0.1, -0.05) is 31.2 Å². The number of ketones is 1. The average Bonchev–Trinajstić information content (AvgIpc) is 2.44. The molecule has 2 aromatic carbocycles. The molecule has 0 aliphatic rings. The summed E-state index contributed by atoms with van der Waals surface area (Å²) in [5.41, 5.74) is 5.85. The number of amides is 1. The zero-order valence-corrected chi connectivity index (χ0v) is 10.8. The zero-order valence-electron chi connectivity index (χ0n) is 10.8. The summed E-state index contributed by atoms with van der Waals surface area (Å²) >= 11 is 0. The maximum atomic E-state index is 11.7. The van der Waals surface area contributed by atoms with Crippen molar-refractivity contribution in [1.29, 1.82) is 0 Å². The molecular formula is C15H15NO3. The SMILES string of the molecule is COc1ccc2c(C(C)C(=O)C(N)=O)cccc2c1. The number of methoxy groups -OCH3 is 1. The number of ether oxygens (including phenoxy) is 1. The molecule has 2 rings (SSSR count). The van der Waals surface area contributed by atoms with Crippen LogP contribution in [0.25, 0.3) is 10.8 Å². The van der Waals surface area contributed by atoms with Gasteiger partial charge in [0.1, 0.15) is 5.75 Å². The Hall–Kier alpha value is -2.36. The van der Waals surface area contributed by atoms with Crippen LogP contribution in [0.3, 0.4) is 0 Å². The van der Waals surface area contributed by atoms with Crippen LogP contribution in [0.4, 0.5) is 0 Å². The molecule has 1 atom stereocenters. The van der Waals surface area contributed by atoms with Crippen molar-refractivity contribution in [2.75, 3.05) is 7.11 Å². The Morgan fingerprint density at radius 3 is 2.58 bits per heavy atom. The third-order valence-electron chi connectivity index (χ3n) is 3.22. The van der Waals surface area contributed by atoms with E-state index in [1.54, 1.807) is 14.0 Å². The van der Waals surface area contributed by atoms with E-state index in [9.17, 15) is 9.59 Å². The van der Waals surface area contributed by atoms with Crippen molar-refractivity contribution in [2.45, 2.75) is 12.8 Å². The van der Waals surface area contributed by atoms with Gasteiger partial charge in [-0.25, -0.2) is 0 Å². The van der Waals surface area contributed by atoms with Crippen molar-refractivity contribution in [2.24, 2.45) is 5.73 Å². The Labute approximate surface area is 111 Å². The van der Waals surface area contributed by atoms with E-state index in [0.717, 1.165) is 22.1 Å². The molecule has 0 saturated heterocycles. The number of carbonyl (C=O) groups is 2. The van der Waals surface area contributed by atoms with Crippen molar-refractivity contribution in [3.8, 4) is 5.75 Å². The number of primary amides is 1. The number of hydrogen-bond donors (Lipinski definition) is 1. The number of carbonyl (C=O) groups excluding carboxylic acids is 2. The van der Waals surface area contributed by atoms with Gasteiger partial charge in [0.15, 0.2) is 0 Å². The number of Topliss-reactive ketones (excluding diaryl/α,β-unsaturated/α-hetero) is 1. The molecule has 0 spiro atoms. The second-order valence-electron chi connectivity index (χ2n) is 4.38. The Morgan fingerprint density at radius 1 is 1.21 bits per heavy atom. The third-order valence-corrected chi connectivity index (χ3v) is 3.22. The highest BCUT2D eigenvalue weighted by Gasteiger charge is 2.21. The smallest absolute Gasteiger partial charge is 0.285 e. The molecule has 2 N–H and O–H groups in total. The first-order valence-electron chi connectivity index (χ1n) is 5.95. The van der Waals surface area contributed by atoms with Crippen molar-refractivity contribution >= 4 is 22.5 Å². The minimum atomic E-state index is -0.905. The second kappa shape index (κ2) is 5.10. The molecule has 0 saturated carbocycles. The lowest BCUT2D eigenvalue weighted by atomic mass is 9.91. The zero-order chi connectivity index (χ0) is 14.0. The van der Waals surface area contributed by atoms with Crippen molar-refractivity contribution < 1.29 is 14.3 Å². The van der Waals surface area contributed by atoms with Crippen molar-refractivity contribution in [1.82, 2.24) is 0 Å². The van der Waals surface area contributed by atoms with E-state index in [4.69, 9.17) is 10.5 Å². The summed E-state index contributed by atoms with van der Waals surface area (Å²) in [6, 6.07) is 11.2. The molecule has 0 fully saturated rings. The molecule has 0 aliphatic carbocycles. The molecule has 1 amide bonds. The minimum absolute atomic E-state index is 0.547. The molecule has 19 heavy (non-hydrogen) atoms. The van der Waals surface area contributed by atoms with Gasteiger partial charge in [-0.05, 0) is 28.5 Å². The first kappa shape index (κ1) is 13.1. The quantitative estimate of drug-likeness (QED) is 0.852. The van der Waals surface area contributed by atoms with E-state index < -0.39 is 17.6 Å². The molecule has 0 aromatic heterocycles. The maximum absolute atomic E-state index is 11.7. The van der Waals surface area contributed by atoms with Crippen LogP contribution < -0.4 is 10.5 Å². The summed E-state index contributed by atoms with van der Waals surface area (Å²) < 4.78 is 5.17. The Bertz CT molecular complexity index is 649. The van der Waals surface area contributed by atoms with Gasteiger partial charge in [0.05, 0.1) is 13.0 Å². The number of fused-ring (bicyclic) bond motifs is 1. The number of nitrogens with two attached hydrogens (primary N) is 1. The highest BCUT2D eigenvalue weighted by Crippen LogP contribution is 2.28. The Morgan fingerprint density at radius 2 is 1.95 bits per heavy atom. The summed E-state index contributed by atoms with van der Waals surface area (Å²) in [7, 11) is 1.60. The van der Waals surface area contributed by atoms with Crippen molar-refractivity contribution in [3.05, 3.63) is 42.0 Å². The maximum Gasteiger partial charge on any atom is 0.285 e. The van der Waals surface area contributed by atoms with E-state index in [1.165, 1.54) is 0 Å². The molecule has 1 unspecified atom stereocenters. The lowest BCUT2D eigenvalue weighted by Gasteiger charge is -2.12. The van der Waals surface area contributed by atoms with Gasteiger partial charge in [-0.3, -0.25) is 9.59 Å². The number of rotatable bonds is 4. The first-order chi connectivity index (χ1) is 9.04. The van der Waals surface area contributed by atoms with E-state index in [1.807, 2.05) is 36.4 Å². The van der Waals surface area contributed by atoms with Gasteiger partial charge in [-0.2, -0.15) is 0 Å². The van der Waals surface area contributed by atoms with Crippen molar-refractivity contribution in [3.63, 3.8) is 0 Å². The molecule has 0 aliphatic heterocycles. The number of hydrogen-bond acceptors (Lipinski definition) is 3. The molecule has 0 heterocycles. The van der Waals surface area contributed by atoms with Gasteiger partial charge < -0.3 is 10.5 Å². The molecule has 4 heteroatoms. The van der Waals surface area contributed by atoms with E-state index in [-0.39, 0.29) is 0 Å². The monoisotopic (exact) mass is 257 g/mol. The standard InChI is InChI=1S/C15H15NO3/c1-9(14(17)15(16)18)12-5-3-4-10-8-11(19-2)6-7-13(10)12/h3-9H,1-2H3,(H2,16,18). The normalized spacial score (nSPS) is 12.1. The lowest BCUT2D eigenvalue weighted by Crippen LogP contribution is -2.27. The highest BCUT2D eigenvalue weighted by molar-refractivity contribution is 6.37. The average molecular weight is 257 g/mol. The van der Waals surface area contributed by atoms with Crippen LogP contribution in [0.2, 0.25) is 0 Å². The van der Waals surface area contributed by atoms with Gasteiger partial charge in [0.2, 0.25) is 5.78 Å². The van der Waals surface area contributed by atoms with Crippen LogP contribution in [-0.2, 0) is 9.59 Å². The van der Waals surface area contributed by atoms with Crippen LogP contribution in [0, 0.1) is 0 Å². The predicted molar refractivity (Wildman–Crippen MR) is 73.1 cm³/mol. The number of benzene rings is 2. The predicted octanol–water partition coefficient (Wildman–Crippen LogP) is 2.01. The summed E-state index contributed by atoms with van der Waals surface area (Å²) in [6.45, 7) is 1.69. The topological polar surface area (TPSA) is 69.4 Å². The Kier molecular flexibility index (Phi) is 3.51. The molecule has 0 bridgehead atoms. The second-order valence-corrected chi connectivity index (χ2v) is 4.38. The lowest BCUT2D eigenvalue weighted by molar-refractivity contribution is -0.136. The fourth-order valence-electron chi connectivity index (χ4n) is 2.15. The molecule has 0 radical (unpaired) electrons. The fourth-order valence-corrected chi connectivity index (χ4v) is 2.15. The summed E-state index contributed by atoms with van der Waals surface area (Å²) in [5.74, 6) is -1.28. The summed E-state index contributed by atoms with van der Waals surface area (Å²) in [5, 5.41) is 1.88. The van der Waals surface area contributed by atoms with Gasteiger partial charge >= 0.3 is 0 Å². The Balaban J connectivity index is 2.55. The minimum Gasteiger partial charge on any atom is -0.497 e. The van der Waals surface area contributed by atoms with E-state index in [0.29, 0.717) is 0 Å². The first-order valence-corrected chi connectivity index (χ1v) is 5.95. The van der Waals surface area contributed by atoms with Crippen LogP contribution in [0.15, 0.2) is 36.4 Å². The largest absolute Gasteiger partial charge is 0.497 e. The molecular weight excluding hydrogens is 242 g/mol. The van der Waals surface area contributed by atoms with Crippen LogP contribution in [0.5, 0.6) is 5.75 Å². The summed E-state index contributed by atoms with van der Waals surface area (Å²) in [6.07, 6.45) is 0. The van der Waals surface area contributed by atoms with Gasteiger partial charge in [0, 0.05) is 0 Å². The molecule has 2 aromatic rings. The van der Waals surface area contributed by atoms with Crippen LogP contribution in [0.1, 0.15) is 18.4 Å². The van der Waals surface area contributed by atoms with E-state index >= 15 is 0 Å². The third kappa shape index (κ3) is 2.42. The van der Waals surface area contributed by atoms with Gasteiger partial charge in [0.25, 0.3) is 5.91 Å². The summed E-state index contributed by atoms with van der Waals surface area (Å²) in [4.78, 5) is 22.7. The molecule has 98 valence electrons. The highest BCUT2D eigenvalue weighted by atomic mass is 16.5. The molecule has 4 nitrogen and oxygen atoms in total. The van der Waals surface area contributed by atoms with Gasteiger partial charge in [-0.15, -0.1) is 0 Å². The van der Waals surface area contributed by atoms with Crippen LogP contribution in [-0.4, -0.2) is 18.8 Å². The fraction of sp³-hybridized carbons (Fsp3) is 0.200. The van der Waals surface area contributed by atoms with Crippen LogP contribution >= 0.6 is 0 Å². The van der Waals surface area contributed by atoms with E-state index in [2.05, 4.69) is 0 Å².